The summed E-state index contributed by atoms with van der Waals surface area (Å²) in [5, 5.41) is 7.25. The third-order valence-electron chi connectivity index (χ3n) is 4.35. The third kappa shape index (κ3) is 4.00. The SMILES string of the molecule is COC[C@H](NC(=O)c1ccccc1N1CCOCC1)c1ccnn1C. The number of anilines is 1. The van der Waals surface area contributed by atoms with E-state index in [0.29, 0.717) is 25.4 Å². The van der Waals surface area contributed by atoms with Crippen LogP contribution in [0.4, 0.5) is 5.69 Å². The van der Waals surface area contributed by atoms with Gasteiger partial charge in [0.05, 0.1) is 37.1 Å². The Morgan fingerprint density at radius 2 is 2.08 bits per heavy atom. The number of carbonyl (C=O) groups excluding carboxylic acids is 1. The molecule has 134 valence electrons. The maximum Gasteiger partial charge on any atom is 0.254 e. The van der Waals surface area contributed by atoms with Crippen LogP contribution in [-0.4, -0.2) is 55.7 Å². The summed E-state index contributed by atoms with van der Waals surface area (Å²) in [6.45, 7) is 3.31. The molecule has 7 nitrogen and oxygen atoms in total. The summed E-state index contributed by atoms with van der Waals surface area (Å²) < 4.78 is 12.4. The van der Waals surface area contributed by atoms with Gasteiger partial charge in [0.1, 0.15) is 0 Å². The summed E-state index contributed by atoms with van der Waals surface area (Å²) >= 11 is 0. The van der Waals surface area contributed by atoms with Crippen molar-refractivity contribution in [1.29, 1.82) is 0 Å². The van der Waals surface area contributed by atoms with Crippen molar-refractivity contribution in [2.24, 2.45) is 7.05 Å². The molecule has 2 heterocycles. The normalized spacial score (nSPS) is 15.8. The number of hydrogen-bond acceptors (Lipinski definition) is 5. The minimum atomic E-state index is -0.261. The second-order valence-corrected chi connectivity index (χ2v) is 5.98. The van der Waals surface area contributed by atoms with Crippen LogP contribution in [0, 0.1) is 0 Å². The van der Waals surface area contributed by atoms with Gasteiger partial charge in [0.15, 0.2) is 0 Å². The van der Waals surface area contributed by atoms with Gasteiger partial charge >= 0.3 is 0 Å². The van der Waals surface area contributed by atoms with Crippen LogP contribution in [0.5, 0.6) is 0 Å². The maximum atomic E-state index is 12.9. The van der Waals surface area contributed by atoms with Crippen LogP contribution < -0.4 is 10.2 Å². The molecule has 0 spiro atoms. The Hall–Kier alpha value is -2.38. The van der Waals surface area contributed by atoms with E-state index in [4.69, 9.17) is 9.47 Å². The van der Waals surface area contributed by atoms with Crippen molar-refractivity contribution in [1.82, 2.24) is 15.1 Å². The Morgan fingerprint density at radius 3 is 2.76 bits per heavy atom. The molecule has 1 aromatic carbocycles. The van der Waals surface area contributed by atoms with Gasteiger partial charge in [-0.3, -0.25) is 9.48 Å². The monoisotopic (exact) mass is 344 g/mol. The lowest BCUT2D eigenvalue weighted by molar-refractivity contribution is 0.0891. The summed E-state index contributed by atoms with van der Waals surface area (Å²) in [4.78, 5) is 15.1. The van der Waals surface area contributed by atoms with Crippen LogP contribution in [0.25, 0.3) is 0 Å². The van der Waals surface area contributed by atoms with Crippen molar-refractivity contribution >= 4 is 11.6 Å². The minimum Gasteiger partial charge on any atom is -0.382 e. The van der Waals surface area contributed by atoms with Gasteiger partial charge in [-0.2, -0.15) is 5.10 Å². The second kappa shape index (κ2) is 8.13. The van der Waals surface area contributed by atoms with Gasteiger partial charge in [-0.15, -0.1) is 0 Å². The van der Waals surface area contributed by atoms with Gasteiger partial charge in [-0.1, -0.05) is 12.1 Å². The Morgan fingerprint density at radius 1 is 1.32 bits per heavy atom. The first-order valence-corrected chi connectivity index (χ1v) is 8.40. The Labute approximate surface area is 147 Å². The first kappa shape index (κ1) is 17.4. The van der Waals surface area contributed by atoms with Gasteiger partial charge < -0.3 is 19.7 Å². The van der Waals surface area contributed by atoms with Crippen molar-refractivity contribution in [2.45, 2.75) is 6.04 Å². The zero-order valence-corrected chi connectivity index (χ0v) is 14.6. The van der Waals surface area contributed by atoms with Crippen molar-refractivity contribution in [3.8, 4) is 0 Å². The number of nitrogens with zero attached hydrogens (tertiary/aromatic N) is 3. The quantitative estimate of drug-likeness (QED) is 0.857. The molecule has 1 fully saturated rings. The highest BCUT2D eigenvalue weighted by Crippen LogP contribution is 2.22. The van der Waals surface area contributed by atoms with Crippen LogP contribution in [0.3, 0.4) is 0 Å². The van der Waals surface area contributed by atoms with Crippen LogP contribution >= 0.6 is 0 Å². The molecule has 7 heteroatoms. The van der Waals surface area contributed by atoms with E-state index in [1.807, 2.05) is 37.4 Å². The second-order valence-electron chi connectivity index (χ2n) is 5.98. The van der Waals surface area contributed by atoms with Crippen molar-refractivity contribution < 1.29 is 14.3 Å². The summed E-state index contributed by atoms with van der Waals surface area (Å²) in [5.74, 6) is -0.120. The highest BCUT2D eigenvalue weighted by atomic mass is 16.5. The van der Waals surface area contributed by atoms with Gasteiger partial charge in [0.2, 0.25) is 0 Å². The number of hydrogen-bond donors (Lipinski definition) is 1. The number of methoxy groups -OCH3 is 1. The molecule has 0 saturated carbocycles. The molecule has 1 aromatic heterocycles. The highest BCUT2D eigenvalue weighted by Gasteiger charge is 2.22. The first-order valence-electron chi connectivity index (χ1n) is 8.40. The average molecular weight is 344 g/mol. The Bertz CT molecular complexity index is 710. The topological polar surface area (TPSA) is 68.6 Å². The summed E-state index contributed by atoms with van der Waals surface area (Å²) in [7, 11) is 3.48. The number of morpholine rings is 1. The molecule has 2 aromatic rings. The van der Waals surface area contributed by atoms with E-state index in [2.05, 4.69) is 15.3 Å². The largest absolute Gasteiger partial charge is 0.382 e. The zero-order chi connectivity index (χ0) is 17.6. The standard InChI is InChI=1S/C18H24N4O3/c1-21-17(7-8-19-21)15(13-24-2)20-18(23)14-5-3-4-6-16(14)22-9-11-25-12-10-22/h3-8,15H,9-13H2,1-2H3,(H,20,23)/t15-/m0/s1. The van der Waals surface area contributed by atoms with Gasteiger partial charge in [-0.25, -0.2) is 0 Å². The van der Waals surface area contributed by atoms with Crippen molar-refractivity contribution in [3.63, 3.8) is 0 Å². The molecule has 3 rings (SSSR count). The molecule has 1 saturated heterocycles. The molecule has 25 heavy (non-hydrogen) atoms. The highest BCUT2D eigenvalue weighted by molar-refractivity contribution is 6.00. The van der Waals surface area contributed by atoms with Gasteiger partial charge in [0.25, 0.3) is 5.91 Å². The molecule has 0 bridgehead atoms. The third-order valence-corrected chi connectivity index (χ3v) is 4.35. The minimum absolute atomic E-state index is 0.120. The lowest BCUT2D eigenvalue weighted by atomic mass is 10.1. The number of benzene rings is 1. The number of ether oxygens (including phenoxy) is 2. The average Bonchev–Trinajstić information content (AvgIpc) is 3.08. The van der Waals surface area contributed by atoms with Crippen LogP contribution in [0.15, 0.2) is 36.5 Å². The lowest BCUT2D eigenvalue weighted by Gasteiger charge is -2.30. The first-order chi connectivity index (χ1) is 12.2. The van der Waals surface area contributed by atoms with Crippen LogP contribution in [0.1, 0.15) is 22.1 Å². The molecule has 1 atom stereocenters. The lowest BCUT2D eigenvalue weighted by Crippen LogP contribution is -2.38. The predicted octanol–water partition coefficient (Wildman–Crippen LogP) is 1.37. The van der Waals surface area contributed by atoms with Gasteiger partial charge in [-0.05, 0) is 18.2 Å². The molecular formula is C18H24N4O3. The number of carbonyl (C=O) groups is 1. The Kier molecular flexibility index (Phi) is 5.67. The summed E-state index contributed by atoms with van der Waals surface area (Å²) in [5.41, 5.74) is 2.50. The number of nitrogens with one attached hydrogen (secondary N) is 1. The zero-order valence-electron chi connectivity index (χ0n) is 14.6. The summed E-state index contributed by atoms with van der Waals surface area (Å²) in [6, 6.07) is 9.30. The van der Waals surface area contributed by atoms with E-state index in [9.17, 15) is 4.79 Å². The number of aryl methyl sites for hydroxylation is 1. The predicted molar refractivity (Wildman–Crippen MR) is 94.8 cm³/mol. The van der Waals surface area contributed by atoms with E-state index >= 15 is 0 Å². The molecule has 1 aliphatic heterocycles. The fraction of sp³-hybridized carbons (Fsp3) is 0.444. The molecule has 0 unspecified atom stereocenters. The maximum absolute atomic E-state index is 12.9. The fourth-order valence-electron chi connectivity index (χ4n) is 3.08. The van der Waals surface area contributed by atoms with Crippen LogP contribution in [-0.2, 0) is 16.5 Å². The molecule has 0 radical (unpaired) electrons. The number of amides is 1. The number of rotatable bonds is 6. The fourth-order valence-corrected chi connectivity index (χ4v) is 3.08. The molecule has 1 aliphatic rings. The molecule has 0 aliphatic carbocycles. The van der Waals surface area contributed by atoms with Crippen LogP contribution in [0.2, 0.25) is 0 Å². The van der Waals surface area contributed by atoms with E-state index in [-0.39, 0.29) is 11.9 Å². The number of aromatic nitrogens is 2. The van der Waals surface area contributed by atoms with E-state index in [1.165, 1.54) is 0 Å². The smallest absolute Gasteiger partial charge is 0.254 e. The van der Waals surface area contributed by atoms with E-state index in [0.717, 1.165) is 24.5 Å². The molecule has 1 amide bonds. The number of para-hydroxylation sites is 1. The molecular weight excluding hydrogens is 320 g/mol. The van der Waals surface area contributed by atoms with E-state index in [1.54, 1.807) is 18.0 Å². The molecule has 1 N–H and O–H groups in total. The summed E-state index contributed by atoms with van der Waals surface area (Å²) in [6.07, 6.45) is 1.71. The van der Waals surface area contributed by atoms with Crippen molar-refractivity contribution in [3.05, 3.63) is 47.8 Å². The van der Waals surface area contributed by atoms with E-state index < -0.39 is 0 Å². The van der Waals surface area contributed by atoms with Gasteiger partial charge in [0, 0.05) is 39.1 Å². The van der Waals surface area contributed by atoms with Crippen molar-refractivity contribution in [2.75, 3.05) is 44.9 Å². The Balaban J connectivity index is 1.81.